The molecular weight excluding hydrogens is 272 g/mol. The Morgan fingerprint density at radius 1 is 1.35 bits per heavy atom. The highest BCUT2D eigenvalue weighted by Crippen LogP contribution is 2.47. The molecule has 0 aromatic heterocycles. The van der Waals surface area contributed by atoms with Crippen molar-refractivity contribution in [1.29, 1.82) is 0 Å². The lowest BCUT2D eigenvalue weighted by Crippen LogP contribution is -2.41. The van der Waals surface area contributed by atoms with Crippen LogP contribution < -0.4 is 11.3 Å². The van der Waals surface area contributed by atoms with Gasteiger partial charge in [-0.25, -0.2) is 0 Å². The van der Waals surface area contributed by atoms with Crippen molar-refractivity contribution in [2.24, 2.45) is 11.8 Å². The van der Waals surface area contributed by atoms with Crippen LogP contribution in [0, 0.1) is 12.8 Å². The summed E-state index contributed by atoms with van der Waals surface area (Å²) in [5.74, 6) is 6.17. The Bertz CT molecular complexity index is 499. The van der Waals surface area contributed by atoms with Crippen molar-refractivity contribution in [2.45, 2.75) is 58.3 Å². The highest BCUT2D eigenvalue weighted by molar-refractivity contribution is 6.30. The number of ether oxygens (including phenoxy) is 1. The Labute approximate surface area is 126 Å². The van der Waals surface area contributed by atoms with Crippen molar-refractivity contribution in [3.63, 3.8) is 0 Å². The molecule has 1 fully saturated rings. The lowest BCUT2D eigenvalue weighted by atomic mass is 9.78. The molecule has 1 aliphatic heterocycles. The van der Waals surface area contributed by atoms with E-state index in [1.54, 1.807) is 0 Å². The maximum Gasteiger partial charge on any atom is 0.0681 e. The number of aryl methyl sites for hydroxylation is 1. The van der Waals surface area contributed by atoms with E-state index >= 15 is 0 Å². The van der Waals surface area contributed by atoms with Gasteiger partial charge in [0.25, 0.3) is 0 Å². The van der Waals surface area contributed by atoms with Crippen LogP contribution in [0.15, 0.2) is 18.2 Å². The molecule has 4 heteroatoms. The number of nitrogens with two attached hydrogens (primary N) is 1. The Kier molecular flexibility index (Phi) is 4.18. The first kappa shape index (κ1) is 15.8. The van der Waals surface area contributed by atoms with Crippen LogP contribution >= 0.6 is 11.6 Å². The van der Waals surface area contributed by atoms with Gasteiger partial charge >= 0.3 is 0 Å². The summed E-state index contributed by atoms with van der Waals surface area (Å²) in [6.07, 6.45) is 0.969. The average molecular weight is 297 g/mol. The summed E-state index contributed by atoms with van der Waals surface area (Å²) in [6.45, 7) is 10.6. The molecule has 1 aliphatic rings. The molecule has 20 heavy (non-hydrogen) atoms. The lowest BCUT2D eigenvalue weighted by molar-refractivity contribution is -0.0779. The normalized spacial score (nSPS) is 25.6. The van der Waals surface area contributed by atoms with Gasteiger partial charge in [0, 0.05) is 10.9 Å². The first-order valence-corrected chi connectivity index (χ1v) is 7.46. The predicted molar refractivity (Wildman–Crippen MR) is 83.6 cm³/mol. The second-order valence-corrected chi connectivity index (χ2v) is 7.36. The zero-order valence-corrected chi connectivity index (χ0v) is 13.7. The monoisotopic (exact) mass is 296 g/mol. The van der Waals surface area contributed by atoms with Crippen molar-refractivity contribution in [1.82, 2.24) is 5.43 Å². The highest BCUT2D eigenvalue weighted by atomic mass is 35.5. The molecule has 1 heterocycles. The molecule has 0 bridgehead atoms. The smallest absolute Gasteiger partial charge is 0.0681 e. The number of halogens is 1. The van der Waals surface area contributed by atoms with Gasteiger partial charge in [0.2, 0.25) is 0 Å². The van der Waals surface area contributed by atoms with Crippen molar-refractivity contribution < 1.29 is 4.74 Å². The fraction of sp³-hybridized carbons (Fsp3) is 0.625. The van der Waals surface area contributed by atoms with Gasteiger partial charge in [-0.05, 0) is 64.3 Å². The molecular formula is C16H25ClN2O. The third-order valence-corrected chi connectivity index (χ3v) is 4.53. The van der Waals surface area contributed by atoms with E-state index in [0.29, 0.717) is 5.92 Å². The second kappa shape index (κ2) is 5.30. The minimum absolute atomic E-state index is 0.0593. The van der Waals surface area contributed by atoms with Crippen LogP contribution in [0.2, 0.25) is 5.02 Å². The van der Waals surface area contributed by atoms with E-state index < -0.39 is 0 Å². The topological polar surface area (TPSA) is 47.3 Å². The second-order valence-electron chi connectivity index (χ2n) is 6.92. The van der Waals surface area contributed by atoms with Gasteiger partial charge in [-0.1, -0.05) is 17.7 Å². The zero-order chi connectivity index (χ0) is 15.1. The first-order valence-electron chi connectivity index (χ1n) is 7.09. The van der Waals surface area contributed by atoms with E-state index in [-0.39, 0.29) is 17.2 Å². The number of rotatable bonds is 3. The van der Waals surface area contributed by atoms with Crippen LogP contribution in [0.25, 0.3) is 0 Å². The lowest BCUT2D eigenvalue weighted by Gasteiger charge is -2.33. The van der Waals surface area contributed by atoms with Crippen molar-refractivity contribution in [3.8, 4) is 0 Å². The summed E-state index contributed by atoms with van der Waals surface area (Å²) in [5, 5.41) is 0.754. The van der Waals surface area contributed by atoms with Crippen molar-refractivity contribution >= 4 is 11.6 Å². The zero-order valence-electron chi connectivity index (χ0n) is 13.0. The highest BCUT2D eigenvalue weighted by Gasteiger charge is 2.49. The summed E-state index contributed by atoms with van der Waals surface area (Å²) < 4.78 is 6.20. The average Bonchev–Trinajstić information content (AvgIpc) is 2.51. The number of hydrazine groups is 1. The molecule has 0 amide bonds. The van der Waals surface area contributed by atoms with E-state index in [1.165, 1.54) is 5.56 Å². The van der Waals surface area contributed by atoms with E-state index in [2.05, 4.69) is 46.1 Å². The molecule has 3 N–H and O–H groups in total. The minimum Gasteiger partial charge on any atom is -0.369 e. The SMILES string of the molecule is Cc1cc(Cl)ccc1C(NN)C1CC(C)(C)OC1(C)C. The van der Waals surface area contributed by atoms with Crippen LogP contribution in [-0.4, -0.2) is 11.2 Å². The van der Waals surface area contributed by atoms with E-state index in [4.69, 9.17) is 22.2 Å². The first-order chi connectivity index (χ1) is 9.16. The molecule has 112 valence electrons. The summed E-state index contributed by atoms with van der Waals surface area (Å²) in [5.41, 5.74) is 5.00. The number of benzene rings is 1. The molecule has 2 rings (SSSR count). The summed E-state index contributed by atoms with van der Waals surface area (Å²) in [7, 11) is 0. The Morgan fingerprint density at radius 2 is 2.00 bits per heavy atom. The maximum absolute atomic E-state index is 6.20. The molecule has 0 spiro atoms. The third kappa shape index (κ3) is 3.01. The Balaban J connectivity index is 2.37. The minimum atomic E-state index is -0.216. The van der Waals surface area contributed by atoms with Gasteiger partial charge in [-0.2, -0.15) is 0 Å². The number of nitrogens with one attached hydrogen (secondary N) is 1. The number of hydrogen-bond acceptors (Lipinski definition) is 3. The molecule has 2 atom stereocenters. The predicted octanol–water partition coefficient (Wildman–Crippen LogP) is 3.75. The molecule has 1 aromatic rings. The summed E-state index contributed by atoms with van der Waals surface area (Å²) in [4.78, 5) is 0. The van der Waals surface area contributed by atoms with Gasteiger partial charge < -0.3 is 4.74 Å². The molecule has 2 unspecified atom stereocenters. The maximum atomic E-state index is 6.20. The molecule has 1 aromatic carbocycles. The summed E-state index contributed by atoms with van der Waals surface area (Å²) >= 11 is 6.05. The number of hydrogen-bond donors (Lipinski definition) is 2. The van der Waals surface area contributed by atoms with Gasteiger partial charge in [-0.3, -0.25) is 11.3 Å². The van der Waals surface area contributed by atoms with Crippen LogP contribution in [-0.2, 0) is 4.74 Å². The van der Waals surface area contributed by atoms with E-state index in [9.17, 15) is 0 Å². The summed E-state index contributed by atoms with van der Waals surface area (Å²) in [6, 6.07) is 6.02. The molecule has 1 saturated heterocycles. The van der Waals surface area contributed by atoms with Gasteiger partial charge in [0.1, 0.15) is 0 Å². The molecule has 0 radical (unpaired) electrons. The van der Waals surface area contributed by atoms with Crippen LogP contribution in [0.3, 0.4) is 0 Å². The largest absolute Gasteiger partial charge is 0.369 e. The van der Waals surface area contributed by atoms with Crippen molar-refractivity contribution in [3.05, 3.63) is 34.3 Å². The fourth-order valence-electron chi connectivity index (χ4n) is 3.53. The van der Waals surface area contributed by atoms with Crippen LogP contribution in [0.5, 0.6) is 0 Å². The van der Waals surface area contributed by atoms with Gasteiger partial charge in [0.05, 0.1) is 17.2 Å². The molecule has 0 saturated carbocycles. The van der Waals surface area contributed by atoms with Gasteiger partial charge in [-0.15, -0.1) is 0 Å². The Hall–Kier alpha value is -0.610. The standard InChI is InChI=1S/C16H25ClN2O/c1-10-8-11(17)6-7-12(10)14(19-18)13-9-15(2,3)20-16(13,4)5/h6-8,13-14,19H,9,18H2,1-5H3. The van der Waals surface area contributed by atoms with Crippen LogP contribution in [0.1, 0.15) is 51.3 Å². The fourth-order valence-corrected chi connectivity index (χ4v) is 3.76. The van der Waals surface area contributed by atoms with E-state index in [1.807, 2.05) is 12.1 Å². The van der Waals surface area contributed by atoms with Crippen LogP contribution in [0.4, 0.5) is 0 Å². The Morgan fingerprint density at radius 3 is 2.45 bits per heavy atom. The molecule has 3 nitrogen and oxygen atoms in total. The molecule has 0 aliphatic carbocycles. The van der Waals surface area contributed by atoms with Gasteiger partial charge in [0.15, 0.2) is 0 Å². The van der Waals surface area contributed by atoms with Crippen molar-refractivity contribution in [2.75, 3.05) is 0 Å². The van der Waals surface area contributed by atoms with E-state index in [0.717, 1.165) is 17.0 Å². The third-order valence-electron chi connectivity index (χ3n) is 4.29. The quantitative estimate of drug-likeness (QED) is 0.660.